The largest absolute Gasteiger partial charge is 0.462 e. The Morgan fingerprint density at radius 3 is 0.780 bits per heavy atom. The van der Waals surface area contributed by atoms with E-state index in [0.717, 1.165) is 89.9 Å². The molecule has 0 saturated heterocycles. The Morgan fingerprint density at radius 1 is 0.256 bits per heavy atom. The van der Waals surface area contributed by atoms with Gasteiger partial charge in [-0.3, -0.25) is 14.4 Å². The van der Waals surface area contributed by atoms with Gasteiger partial charge in [0.1, 0.15) is 13.2 Å². The maximum absolute atomic E-state index is 12.9. The number of carbonyl (C=O) groups excluding carboxylic acids is 3. The van der Waals surface area contributed by atoms with Crippen LogP contribution in [0.3, 0.4) is 0 Å². The van der Waals surface area contributed by atoms with Crippen LogP contribution in [0.25, 0.3) is 0 Å². The van der Waals surface area contributed by atoms with E-state index in [1.807, 2.05) is 0 Å². The molecule has 0 spiro atoms. The van der Waals surface area contributed by atoms with E-state index < -0.39 is 6.10 Å². The predicted octanol–water partition coefficient (Wildman–Crippen LogP) is 24.6. The molecule has 0 aromatic rings. The van der Waals surface area contributed by atoms with Crippen molar-refractivity contribution in [2.24, 2.45) is 0 Å². The summed E-state index contributed by atoms with van der Waals surface area (Å²) in [6.45, 7) is 6.55. The van der Waals surface area contributed by atoms with Gasteiger partial charge in [-0.1, -0.05) is 331 Å². The van der Waals surface area contributed by atoms with E-state index in [9.17, 15) is 14.4 Å². The van der Waals surface area contributed by atoms with Crippen LogP contribution in [0, 0.1) is 0 Å². The van der Waals surface area contributed by atoms with Crippen LogP contribution in [0.4, 0.5) is 0 Å². The minimum atomic E-state index is -0.800. The van der Waals surface area contributed by atoms with E-state index >= 15 is 0 Å². The molecule has 0 bridgehead atoms. The van der Waals surface area contributed by atoms with Gasteiger partial charge >= 0.3 is 17.9 Å². The molecule has 0 fully saturated rings. The monoisotopic (exact) mass is 1140 g/mol. The molecule has 474 valence electrons. The quantitative estimate of drug-likeness (QED) is 0.0261. The average molecular weight is 1140 g/mol. The lowest BCUT2D eigenvalue weighted by molar-refractivity contribution is -0.167. The van der Waals surface area contributed by atoms with E-state index in [4.69, 9.17) is 14.2 Å². The first kappa shape index (κ1) is 78.6. The van der Waals surface area contributed by atoms with E-state index in [-0.39, 0.29) is 37.5 Å². The molecule has 0 amide bonds. The van der Waals surface area contributed by atoms with Crippen LogP contribution < -0.4 is 0 Å². The zero-order valence-corrected chi connectivity index (χ0v) is 54.5. The first-order chi connectivity index (χ1) is 40.5. The summed E-state index contributed by atoms with van der Waals surface area (Å²) < 4.78 is 17.0. The lowest BCUT2D eigenvalue weighted by Crippen LogP contribution is -2.30. The Kier molecular flexibility index (Phi) is 67.2. The zero-order valence-electron chi connectivity index (χ0n) is 54.5. The molecule has 6 heteroatoms. The van der Waals surface area contributed by atoms with Gasteiger partial charge < -0.3 is 14.2 Å². The van der Waals surface area contributed by atoms with Crippen LogP contribution in [-0.2, 0) is 28.6 Å². The van der Waals surface area contributed by atoms with Crippen molar-refractivity contribution in [3.8, 4) is 0 Å². The number of allylic oxidation sites excluding steroid dienone is 14. The number of hydrogen-bond donors (Lipinski definition) is 0. The van der Waals surface area contributed by atoms with Crippen molar-refractivity contribution in [3.63, 3.8) is 0 Å². The second kappa shape index (κ2) is 70.1. The van der Waals surface area contributed by atoms with Gasteiger partial charge in [-0.25, -0.2) is 0 Å². The topological polar surface area (TPSA) is 78.9 Å². The Hall–Kier alpha value is -3.41. The van der Waals surface area contributed by atoms with Crippen molar-refractivity contribution in [1.29, 1.82) is 0 Å². The normalized spacial score (nSPS) is 12.6. The van der Waals surface area contributed by atoms with Crippen LogP contribution >= 0.6 is 0 Å². The lowest BCUT2D eigenvalue weighted by Gasteiger charge is -2.18. The van der Waals surface area contributed by atoms with E-state index in [1.54, 1.807) is 0 Å². The highest BCUT2D eigenvalue weighted by Crippen LogP contribution is 2.18. The molecule has 0 aromatic heterocycles. The molecule has 6 nitrogen and oxygen atoms in total. The van der Waals surface area contributed by atoms with Gasteiger partial charge in [-0.15, -0.1) is 0 Å². The SMILES string of the molecule is CC/C=C\C/C=C\C/C=C\C/C=C\C/C=C\C/C=C\CCCCC(=O)OC(COC(=O)CCCCCCCCCCCCCCCCCC)COC(=O)CCCCCCCCCCCCCCCCC/C=C\CCCCCCCCCC. The van der Waals surface area contributed by atoms with Crippen molar-refractivity contribution in [3.05, 3.63) is 85.1 Å². The highest BCUT2D eigenvalue weighted by molar-refractivity contribution is 5.71. The van der Waals surface area contributed by atoms with Crippen LogP contribution in [0.1, 0.15) is 361 Å². The Labute approximate surface area is 509 Å². The molecular weight excluding hydrogens is 1010 g/mol. The third-order valence-corrected chi connectivity index (χ3v) is 15.6. The van der Waals surface area contributed by atoms with Crippen molar-refractivity contribution in [2.75, 3.05) is 13.2 Å². The summed E-state index contributed by atoms with van der Waals surface area (Å²) in [4.78, 5) is 38.4. The van der Waals surface area contributed by atoms with E-state index in [0.29, 0.717) is 19.3 Å². The smallest absolute Gasteiger partial charge is 0.306 e. The summed E-state index contributed by atoms with van der Waals surface area (Å²) in [5.41, 5.74) is 0. The summed E-state index contributed by atoms with van der Waals surface area (Å²) in [6, 6.07) is 0. The second-order valence-electron chi connectivity index (χ2n) is 23.8. The minimum Gasteiger partial charge on any atom is -0.462 e. The summed E-state index contributed by atoms with van der Waals surface area (Å²) in [5, 5.41) is 0. The molecule has 1 unspecified atom stereocenters. The van der Waals surface area contributed by atoms with Crippen molar-refractivity contribution < 1.29 is 28.6 Å². The van der Waals surface area contributed by atoms with Gasteiger partial charge in [0.2, 0.25) is 0 Å². The molecule has 0 saturated carbocycles. The minimum absolute atomic E-state index is 0.0903. The molecule has 0 N–H and O–H groups in total. The van der Waals surface area contributed by atoms with Crippen molar-refractivity contribution in [1.82, 2.24) is 0 Å². The number of ether oxygens (including phenoxy) is 3. The second-order valence-corrected chi connectivity index (χ2v) is 23.8. The van der Waals surface area contributed by atoms with Gasteiger partial charge in [-0.2, -0.15) is 0 Å². The average Bonchev–Trinajstić information content (AvgIpc) is 3.48. The third kappa shape index (κ3) is 67.4. The van der Waals surface area contributed by atoms with Crippen LogP contribution in [0.2, 0.25) is 0 Å². The van der Waals surface area contributed by atoms with Crippen LogP contribution in [-0.4, -0.2) is 37.2 Å². The fourth-order valence-electron chi connectivity index (χ4n) is 10.3. The molecule has 0 heterocycles. The Morgan fingerprint density at radius 2 is 0.476 bits per heavy atom. The predicted molar refractivity (Wildman–Crippen MR) is 358 cm³/mol. The molecule has 0 radical (unpaired) electrons. The van der Waals surface area contributed by atoms with Gasteiger partial charge in [0.25, 0.3) is 0 Å². The summed E-state index contributed by atoms with van der Waals surface area (Å²) >= 11 is 0. The summed E-state index contributed by atoms with van der Waals surface area (Å²) in [7, 11) is 0. The number of unbranched alkanes of at least 4 members (excludes halogenated alkanes) is 40. The van der Waals surface area contributed by atoms with Crippen molar-refractivity contribution in [2.45, 2.75) is 367 Å². The molecule has 0 aliphatic heterocycles. The Bertz CT molecular complexity index is 1550. The van der Waals surface area contributed by atoms with Gasteiger partial charge in [0.05, 0.1) is 0 Å². The van der Waals surface area contributed by atoms with Gasteiger partial charge in [-0.05, 0) is 96.3 Å². The summed E-state index contributed by atoms with van der Waals surface area (Å²) in [5.74, 6) is -0.914. The number of esters is 3. The number of carbonyl (C=O) groups is 3. The van der Waals surface area contributed by atoms with Crippen molar-refractivity contribution >= 4 is 17.9 Å². The first-order valence-electron chi connectivity index (χ1n) is 35.6. The van der Waals surface area contributed by atoms with Gasteiger partial charge in [0, 0.05) is 19.3 Å². The Balaban J connectivity index is 4.35. The third-order valence-electron chi connectivity index (χ3n) is 15.6. The summed E-state index contributed by atoms with van der Waals surface area (Å²) in [6.07, 6.45) is 93.3. The van der Waals surface area contributed by atoms with Crippen LogP contribution in [0.5, 0.6) is 0 Å². The standard InChI is InChI=1S/C76H134O6/c1-4-7-10-13-16-19-22-25-28-31-33-35-36-37-38-39-40-42-43-45-48-51-54-57-60-63-66-69-75(78)81-72-73(71-80-74(77)68-65-62-59-56-53-50-47-30-27-24-21-18-15-12-9-6-3)82-76(79)70-67-64-61-58-55-52-49-46-44-41-34-32-29-26-23-20-17-14-11-8-5-2/h8,11,17,20,26,29,31,33-34,41,46,49,55,58,73H,4-7,9-10,12-16,18-19,21-25,27-28,30,32,35-40,42-45,47-48,50-54,56-57,59-72H2,1-3H3/b11-8-,20-17-,29-26-,33-31-,41-34-,49-46-,58-55-. The number of rotatable bonds is 65. The van der Waals surface area contributed by atoms with E-state index in [2.05, 4.69) is 106 Å². The maximum atomic E-state index is 12.9. The highest BCUT2D eigenvalue weighted by atomic mass is 16.6. The fraction of sp³-hybridized carbons (Fsp3) is 0.776. The zero-order chi connectivity index (χ0) is 59.2. The molecule has 0 rings (SSSR count). The first-order valence-corrected chi connectivity index (χ1v) is 35.6. The van der Waals surface area contributed by atoms with Crippen LogP contribution in [0.15, 0.2) is 85.1 Å². The molecular formula is C76H134O6. The molecule has 0 aliphatic carbocycles. The molecule has 1 atom stereocenters. The maximum Gasteiger partial charge on any atom is 0.306 e. The molecule has 82 heavy (non-hydrogen) atoms. The molecule has 0 aliphatic rings. The lowest BCUT2D eigenvalue weighted by atomic mass is 10.0. The van der Waals surface area contributed by atoms with Gasteiger partial charge in [0.15, 0.2) is 6.10 Å². The highest BCUT2D eigenvalue weighted by Gasteiger charge is 2.19. The molecule has 0 aromatic carbocycles. The van der Waals surface area contributed by atoms with E-state index in [1.165, 1.54) is 225 Å². The number of hydrogen-bond acceptors (Lipinski definition) is 6. The fourth-order valence-corrected chi connectivity index (χ4v) is 10.3.